The Kier molecular flexibility index (Phi) is 3.99. The van der Waals surface area contributed by atoms with Crippen LogP contribution in [0.5, 0.6) is 0 Å². The zero-order chi connectivity index (χ0) is 16.8. The molecule has 2 saturated heterocycles. The van der Waals surface area contributed by atoms with Crippen molar-refractivity contribution >= 4 is 27.5 Å². The van der Waals surface area contributed by atoms with Crippen LogP contribution in [0.1, 0.15) is 43.0 Å². The third-order valence-corrected chi connectivity index (χ3v) is 7.09. The lowest BCUT2D eigenvalue weighted by molar-refractivity contribution is -0.134. The molecule has 25 heavy (non-hydrogen) atoms. The molecular weight excluding hydrogens is 332 g/mol. The number of likely N-dealkylation sites (tertiary alicyclic amines) is 1. The van der Waals surface area contributed by atoms with Crippen LogP contribution in [-0.4, -0.2) is 41.0 Å². The van der Waals surface area contributed by atoms with Crippen molar-refractivity contribution in [2.24, 2.45) is 5.92 Å². The van der Waals surface area contributed by atoms with Gasteiger partial charge in [0, 0.05) is 25.0 Å². The SMILES string of the molecule is O=C(C1CC(C2CC2)NN1)N1CCC(c2nc3ccccc3s2)CC1. The number of para-hydroxylation sites is 1. The molecule has 1 saturated carbocycles. The van der Waals surface area contributed by atoms with Gasteiger partial charge in [0.05, 0.1) is 15.2 Å². The fourth-order valence-corrected chi connectivity index (χ4v) is 5.32. The number of benzene rings is 1. The van der Waals surface area contributed by atoms with Gasteiger partial charge in [0.25, 0.3) is 0 Å². The van der Waals surface area contributed by atoms with E-state index in [1.54, 1.807) is 0 Å². The summed E-state index contributed by atoms with van der Waals surface area (Å²) in [6, 6.07) is 8.81. The van der Waals surface area contributed by atoms with E-state index in [0.29, 0.717) is 12.0 Å². The average Bonchev–Trinajstić information content (AvgIpc) is 3.22. The maximum Gasteiger partial charge on any atom is 0.241 e. The first-order valence-corrected chi connectivity index (χ1v) is 10.2. The van der Waals surface area contributed by atoms with E-state index in [9.17, 15) is 4.79 Å². The topological polar surface area (TPSA) is 57.3 Å². The zero-order valence-electron chi connectivity index (χ0n) is 14.3. The summed E-state index contributed by atoms with van der Waals surface area (Å²) in [5, 5.41) is 1.24. The second-order valence-electron chi connectivity index (χ2n) is 7.64. The van der Waals surface area contributed by atoms with Crippen LogP contribution in [0.25, 0.3) is 10.2 Å². The van der Waals surface area contributed by atoms with E-state index in [1.165, 1.54) is 22.5 Å². The maximum absolute atomic E-state index is 12.8. The van der Waals surface area contributed by atoms with Gasteiger partial charge in [-0.15, -0.1) is 11.3 Å². The molecule has 2 aromatic rings. The fraction of sp³-hybridized carbons (Fsp3) is 0.579. The number of rotatable bonds is 3. The number of hydrazine groups is 1. The van der Waals surface area contributed by atoms with Crippen LogP contribution in [-0.2, 0) is 4.79 Å². The number of nitrogens with one attached hydrogen (secondary N) is 2. The van der Waals surface area contributed by atoms with Crippen LogP contribution in [0, 0.1) is 5.92 Å². The van der Waals surface area contributed by atoms with E-state index in [0.717, 1.165) is 43.8 Å². The van der Waals surface area contributed by atoms with Gasteiger partial charge in [-0.1, -0.05) is 12.1 Å². The second kappa shape index (κ2) is 6.34. The molecular formula is C19H24N4OS. The summed E-state index contributed by atoms with van der Waals surface area (Å²) in [5.41, 5.74) is 7.67. The minimum atomic E-state index is -0.0374. The molecule has 0 spiro atoms. The Bertz CT molecular complexity index is 746. The molecule has 132 valence electrons. The predicted molar refractivity (Wildman–Crippen MR) is 99.4 cm³/mol. The second-order valence-corrected chi connectivity index (χ2v) is 8.70. The van der Waals surface area contributed by atoms with Crippen molar-refractivity contribution in [3.63, 3.8) is 0 Å². The van der Waals surface area contributed by atoms with Crippen molar-refractivity contribution in [1.29, 1.82) is 0 Å². The van der Waals surface area contributed by atoms with Gasteiger partial charge in [-0.25, -0.2) is 10.4 Å². The normalized spacial score (nSPS) is 27.9. The first-order chi connectivity index (χ1) is 12.3. The van der Waals surface area contributed by atoms with Crippen LogP contribution in [0.4, 0.5) is 0 Å². The number of thiazole rings is 1. The van der Waals surface area contributed by atoms with Crippen molar-refractivity contribution in [3.05, 3.63) is 29.3 Å². The van der Waals surface area contributed by atoms with E-state index in [2.05, 4.69) is 34.0 Å². The molecule has 1 amide bonds. The highest BCUT2D eigenvalue weighted by Gasteiger charge is 2.40. The van der Waals surface area contributed by atoms with E-state index < -0.39 is 0 Å². The van der Waals surface area contributed by atoms with Crippen molar-refractivity contribution in [2.75, 3.05) is 13.1 Å². The number of carbonyl (C=O) groups excluding carboxylic acids is 1. The predicted octanol–water partition coefficient (Wildman–Crippen LogP) is 2.65. The summed E-state index contributed by atoms with van der Waals surface area (Å²) in [6.07, 6.45) is 5.62. The molecule has 1 aromatic carbocycles. The lowest BCUT2D eigenvalue weighted by Crippen LogP contribution is -2.48. The van der Waals surface area contributed by atoms with Gasteiger partial charge in [-0.05, 0) is 50.2 Å². The number of aromatic nitrogens is 1. The number of piperidine rings is 1. The Morgan fingerprint density at radius 2 is 1.92 bits per heavy atom. The number of amides is 1. The smallest absolute Gasteiger partial charge is 0.241 e. The molecule has 5 nitrogen and oxygen atoms in total. The highest BCUT2D eigenvalue weighted by atomic mass is 32.1. The molecule has 6 heteroatoms. The summed E-state index contributed by atoms with van der Waals surface area (Å²) in [5.74, 6) is 1.56. The summed E-state index contributed by atoms with van der Waals surface area (Å²) in [4.78, 5) is 19.7. The fourth-order valence-electron chi connectivity index (χ4n) is 4.18. The maximum atomic E-state index is 12.8. The van der Waals surface area contributed by atoms with Gasteiger partial charge in [-0.3, -0.25) is 10.2 Å². The molecule has 2 aliphatic heterocycles. The Hall–Kier alpha value is -1.50. The van der Waals surface area contributed by atoms with Crippen LogP contribution >= 0.6 is 11.3 Å². The summed E-state index contributed by atoms with van der Waals surface area (Å²) >= 11 is 1.81. The third kappa shape index (κ3) is 3.07. The van der Waals surface area contributed by atoms with Crippen LogP contribution in [0.15, 0.2) is 24.3 Å². The Morgan fingerprint density at radius 3 is 2.68 bits per heavy atom. The van der Waals surface area contributed by atoms with Gasteiger partial charge in [-0.2, -0.15) is 0 Å². The van der Waals surface area contributed by atoms with Gasteiger partial charge >= 0.3 is 0 Å². The monoisotopic (exact) mass is 356 g/mol. The number of hydrogen-bond donors (Lipinski definition) is 2. The average molecular weight is 356 g/mol. The van der Waals surface area contributed by atoms with E-state index in [-0.39, 0.29) is 11.9 Å². The minimum Gasteiger partial charge on any atom is -0.341 e. The van der Waals surface area contributed by atoms with E-state index >= 15 is 0 Å². The molecule has 0 bridgehead atoms. The molecule has 3 heterocycles. The molecule has 3 fully saturated rings. The van der Waals surface area contributed by atoms with Crippen molar-refractivity contribution in [3.8, 4) is 0 Å². The van der Waals surface area contributed by atoms with Crippen LogP contribution < -0.4 is 10.9 Å². The molecule has 1 aromatic heterocycles. The number of fused-ring (bicyclic) bond motifs is 1. The van der Waals surface area contributed by atoms with Gasteiger partial charge in [0.1, 0.15) is 6.04 Å². The molecule has 3 aliphatic rings. The summed E-state index contributed by atoms with van der Waals surface area (Å²) in [6.45, 7) is 1.71. The third-order valence-electron chi connectivity index (χ3n) is 5.89. The Morgan fingerprint density at radius 1 is 1.12 bits per heavy atom. The first-order valence-electron chi connectivity index (χ1n) is 9.43. The first kappa shape index (κ1) is 15.7. The highest BCUT2D eigenvalue weighted by Crippen LogP contribution is 2.37. The summed E-state index contributed by atoms with van der Waals surface area (Å²) < 4.78 is 1.27. The van der Waals surface area contributed by atoms with Crippen LogP contribution in [0.3, 0.4) is 0 Å². The lowest BCUT2D eigenvalue weighted by Gasteiger charge is -2.32. The van der Waals surface area contributed by atoms with Gasteiger partial charge in [0.2, 0.25) is 5.91 Å². The molecule has 2 atom stereocenters. The zero-order valence-corrected chi connectivity index (χ0v) is 15.1. The molecule has 2 unspecified atom stereocenters. The molecule has 2 N–H and O–H groups in total. The molecule has 1 aliphatic carbocycles. The van der Waals surface area contributed by atoms with Crippen molar-refractivity contribution in [1.82, 2.24) is 20.7 Å². The Labute approximate surface area is 151 Å². The standard InChI is InChI=1S/C19H24N4OS/c24-19(16-11-15(21-22-16)12-5-6-12)23-9-7-13(8-10-23)18-20-14-3-1-2-4-17(14)25-18/h1-4,12-13,15-16,21-22H,5-11H2. The minimum absolute atomic E-state index is 0.0374. The van der Waals surface area contributed by atoms with E-state index in [1.807, 2.05) is 17.4 Å². The quantitative estimate of drug-likeness (QED) is 0.888. The summed E-state index contributed by atoms with van der Waals surface area (Å²) in [7, 11) is 0. The lowest BCUT2D eigenvalue weighted by atomic mass is 9.96. The largest absolute Gasteiger partial charge is 0.341 e. The van der Waals surface area contributed by atoms with E-state index in [4.69, 9.17) is 4.98 Å². The van der Waals surface area contributed by atoms with Gasteiger partial charge in [0.15, 0.2) is 0 Å². The van der Waals surface area contributed by atoms with Crippen molar-refractivity contribution in [2.45, 2.75) is 50.1 Å². The number of hydrogen-bond acceptors (Lipinski definition) is 5. The van der Waals surface area contributed by atoms with Gasteiger partial charge < -0.3 is 4.90 Å². The van der Waals surface area contributed by atoms with Crippen molar-refractivity contribution < 1.29 is 4.79 Å². The Balaban J connectivity index is 1.20. The molecule has 5 rings (SSSR count). The molecule has 0 radical (unpaired) electrons. The number of carbonyl (C=O) groups is 1. The highest BCUT2D eigenvalue weighted by molar-refractivity contribution is 7.18. The number of nitrogens with zero attached hydrogens (tertiary/aromatic N) is 2. The van der Waals surface area contributed by atoms with Crippen LogP contribution in [0.2, 0.25) is 0 Å².